The molecule has 2 rings (SSSR count). The van der Waals surface area contributed by atoms with E-state index in [1.807, 2.05) is 11.6 Å². The zero-order chi connectivity index (χ0) is 12.0. The number of halogens is 1. The van der Waals surface area contributed by atoms with E-state index in [2.05, 4.69) is 26.0 Å². The van der Waals surface area contributed by atoms with Gasteiger partial charge in [-0.2, -0.15) is 0 Å². The average Bonchev–Trinajstić information content (AvgIpc) is 2.42. The van der Waals surface area contributed by atoms with Crippen LogP contribution in [0.2, 0.25) is 5.15 Å². The van der Waals surface area contributed by atoms with Crippen LogP contribution in [0.4, 0.5) is 0 Å². The predicted octanol–water partition coefficient (Wildman–Crippen LogP) is 3.50. The number of hydrogen-bond donors (Lipinski definition) is 1. The molecule has 1 unspecified atom stereocenters. The first-order valence-electron chi connectivity index (χ1n) is 5.36. The van der Waals surface area contributed by atoms with Crippen molar-refractivity contribution < 1.29 is 5.11 Å². The molecule has 3 heteroatoms. The minimum Gasteiger partial charge on any atom is -0.389 e. The molecule has 1 atom stereocenters. The van der Waals surface area contributed by atoms with Crippen LogP contribution in [-0.4, -0.2) is 9.67 Å². The fraction of sp³-hybridized carbons (Fsp3) is 0.385. The summed E-state index contributed by atoms with van der Waals surface area (Å²) in [5.74, 6) is 0. The summed E-state index contributed by atoms with van der Waals surface area (Å²) >= 11 is 6.26. The number of benzene rings is 1. The Morgan fingerprint density at radius 1 is 1.31 bits per heavy atom. The SMILES string of the molecule is Cc1cc(C)c2c(C(C)O)c(Cl)n(C)c2c1. The fourth-order valence-electron chi connectivity index (χ4n) is 2.33. The van der Waals surface area contributed by atoms with Gasteiger partial charge in [-0.25, -0.2) is 0 Å². The Kier molecular flexibility index (Phi) is 2.72. The second-order valence-corrected chi connectivity index (χ2v) is 4.77. The molecular formula is C13H16ClNO. The second-order valence-electron chi connectivity index (χ2n) is 4.42. The maximum absolute atomic E-state index is 9.81. The van der Waals surface area contributed by atoms with E-state index in [4.69, 9.17) is 11.6 Å². The first-order valence-corrected chi connectivity index (χ1v) is 5.74. The molecule has 0 saturated carbocycles. The Hall–Kier alpha value is -0.990. The van der Waals surface area contributed by atoms with Gasteiger partial charge in [0.25, 0.3) is 0 Å². The summed E-state index contributed by atoms with van der Waals surface area (Å²) in [5.41, 5.74) is 4.28. The van der Waals surface area contributed by atoms with Gasteiger partial charge in [0.05, 0.1) is 6.10 Å². The molecule has 0 bridgehead atoms. The lowest BCUT2D eigenvalue weighted by atomic mass is 10.0. The lowest BCUT2D eigenvalue weighted by Gasteiger charge is -2.06. The van der Waals surface area contributed by atoms with Crippen molar-refractivity contribution in [3.63, 3.8) is 0 Å². The van der Waals surface area contributed by atoms with Crippen molar-refractivity contribution in [3.8, 4) is 0 Å². The second kappa shape index (κ2) is 3.79. The molecule has 0 aliphatic carbocycles. The van der Waals surface area contributed by atoms with Gasteiger partial charge in [-0.05, 0) is 38.0 Å². The molecule has 0 aliphatic rings. The van der Waals surface area contributed by atoms with Gasteiger partial charge >= 0.3 is 0 Å². The van der Waals surface area contributed by atoms with Gasteiger partial charge in [0, 0.05) is 23.5 Å². The number of nitrogens with zero attached hydrogens (tertiary/aromatic N) is 1. The first kappa shape index (κ1) is 11.5. The van der Waals surface area contributed by atoms with E-state index >= 15 is 0 Å². The number of rotatable bonds is 1. The van der Waals surface area contributed by atoms with Gasteiger partial charge in [-0.15, -0.1) is 0 Å². The summed E-state index contributed by atoms with van der Waals surface area (Å²) in [4.78, 5) is 0. The Bertz CT molecular complexity index is 555. The number of aliphatic hydroxyl groups excluding tert-OH is 1. The van der Waals surface area contributed by atoms with E-state index < -0.39 is 6.10 Å². The molecule has 0 spiro atoms. The average molecular weight is 238 g/mol. The standard InChI is InChI=1S/C13H16ClNO/c1-7-5-8(2)11-10(6-7)15(4)13(14)12(11)9(3)16/h5-6,9,16H,1-4H3. The quantitative estimate of drug-likeness (QED) is 0.807. The van der Waals surface area contributed by atoms with Gasteiger partial charge in [0.2, 0.25) is 0 Å². The summed E-state index contributed by atoms with van der Waals surface area (Å²) in [6, 6.07) is 4.21. The third kappa shape index (κ3) is 1.53. The first-order chi connectivity index (χ1) is 7.43. The summed E-state index contributed by atoms with van der Waals surface area (Å²) < 4.78 is 1.93. The van der Waals surface area contributed by atoms with Gasteiger partial charge in [-0.1, -0.05) is 17.7 Å². The number of hydrogen-bond acceptors (Lipinski definition) is 1. The fourth-order valence-corrected chi connectivity index (χ4v) is 2.67. The summed E-state index contributed by atoms with van der Waals surface area (Å²) in [6.07, 6.45) is -0.544. The summed E-state index contributed by atoms with van der Waals surface area (Å²) in [7, 11) is 1.93. The third-order valence-electron chi connectivity index (χ3n) is 3.02. The zero-order valence-electron chi connectivity index (χ0n) is 10.0. The highest BCUT2D eigenvalue weighted by Crippen LogP contribution is 2.36. The molecule has 16 heavy (non-hydrogen) atoms. The Morgan fingerprint density at radius 2 is 1.94 bits per heavy atom. The summed E-state index contributed by atoms with van der Waals surface area (Å²) in [5, 5.41) is 11.5. The van der Waals surface area contributed by atoms with Crippen LogP contribution < -0.4 is 0 Å². The van der Waals surface area contributed by atoms with E-state index in [9.17, 15) is 5.11 Å². The van der Waals surface area contributed by atoms with E-state index in [1.54, 1.807) is 6.92 Å². The van der Waals surface area contributed by atoms with Crippen molar-refractivity contribution in [1.29, 1.82) is 0 Å². The molecule has 1 heterocycles. The maximum Gasteiger partial charge on any atom is 0.115 e. The molecule has 2 nitrogen and oxygen atoms in total. The lowest BCUT2D eigenvalue weighted by molar-refractivity contribution is 0.200. The van der Waals surface area contributed by atoms with E-state index in [0.29, 0.717) is 5.15 Å². The number of aromatic nitrogens is 1. The molecule has 0 aliphatic heterocycles. The molecule has 0 saturated heterocycles. The minimum absolute atomic E-state index is 0.544. The van der Waals surface area contributed by atoms with Gasteiger partial charge in [0.15, 0.2) is 0 Å². The maximum atomic E-state index is 9.81. The molecule has 1 N–H and O–H groups in total. The highest BCUT2D eigenvalue weighted by molar-refractivity contribution is 6.32. The largest absolute Gasteiger partial charge is 0.389 e. The van der Waals surface area contributed by atoms with Crippen LogP contribution in [0, 0.1) is 13.8 Å². The van der Waals surface area contributed by atoms with Crippen molar-refractivity contribution in [2.45, 2.75) is 26.9 Å². The van der Waals surface area contributed by atoms with Crippen molar-refractivity contribution in [2.24, 2.45) is 7.05 Å². The molecule has 0 fully saturated rings. The highest BCUT2D eigenvalue weighted by atomic mass is 35.5. The van der Waals surface area contributed by atoms with E-state index in [-0.39, 0.29) is 0 Å². The highest BCUT2D eigenvalue weighted by Gasteiger charge is 2.18. The van der Waals surface area contributed by atoms with E-state index in [1.165, 1.54) is 5.56 Å². The third-order valence-corrected chi connectivity index (χ3v) is 3.48. The molecule has 1 aromatic carbocycles. The molecular weight excluding hydrogens is 222 g/mol. The molecule has 2 aromatic rings. The van der Waals surface area contributed by atoms with Crippen molar-refractivity contribution >= 4 is 22.5 Å². The monoisotopic (exact) mass is 237 g/mol. The van der Waals surface area contributed by atoms with Crippen LogP contribution in [0.1, 0.15) is 29.7 Å². The van der Waals surface area contributed by atoms with Crippen molar-refractivity contribution in [2.75, 3.05) is 0 Å². The Labute approximate surface area is 100 Å². The number of aryl methyl sites for hydroxylation is 3. The van der Waals surface area contributed by atoms with Gasteiger partial charge in [-0.3, -0.25) is 0 Å². The summed E-state index contributed by atoms with van der Waals surface area (Å²) in [6.45, 7) is 5.87. The Morgan fingerprint density at radius 3 is 2.50 bits per heavy atom. The predicted molar refractivity (Wildman–Crippen MR) is 68.0 cm³/mol. The van der Waals surface area contributed by atoms with Crippen LogP contribution >= 0.6 is 11.6 Å². The van der Waals surface area contributed by atoms with Gasteiger partial charge in [0.1, 0.15) is 5.15 Å². The smallest absolute Gasteiger partial charge is 0.115 e. The molecule has 86 valence electrons. The number of aliphatic hydroxyl groups is 1. The van der Waals surface area contributed by atoms with Crippen LogP contribution in [0.25, 0.3) is 10.9 Å². The minimum atomic E-state index is -0.544. The van der Waals surface area contributed by atoms with Crippen LogP contribution in [0.5, 0.6) is 0 Å². The zero-order valence-corrected chi connectivity index (χ0v) is 10.8. The molecule has 1 aromatic heterocycles. The topological polar surface area (TPSA) is 25.2 Å². The number of fused-ring (bicyclic) bond motifs is 1. The van der Waals surface area contributed by atoms with Gasteiger partial charge < -0.3 is 9.67 Å². The van der Waals surface area contributed by atoms with Crippen molar-refractivity contribution in [1.82, 2.24) is 4.57 Å². The normalized spacial score (nSPS) is 13.4. The van der Waals surface area contributed by atoms with Crippen molar-refractivity contribution in [3.05, 3.63) is 34.0 Å². The van der Waals surface area contributed by atoms with E-state index in [0.717, 1.165) is 22.0 Å². The van der Waals surface area contributed by atoms with Crippen LogP contribution in [0.3, 0.4) is 0 Å². The van der Waals surface area contributed by atoms with Crippen LogP contribution in [0.15, 0.2) is 12.1 Å². The lowest BCUT2D eigenvalue weighted by Crippen LogP contribution is -1.92. The Balaban J connectivity index is 2.96. The molecule has 0 radical (unpaired) electrons. The molecule has 0 amide bonds. The van der Waals surface area contributed by atoms with Crippen LogP contribution in [-0.2, 0) is 7.05 Å².